The minimum atomic E-state index is -0.347. The molecule has 4 heteroatoms. The number of hydrogen-bond donors (Lipinski definition) is 2. The number of aromatic hydroxyl groups is 1. The Kier molecular flexibility index (Phi) is 4.47. The summed E-state index contributed by atoms with van der Waals surface area (Å²) in [5.41, 5.74) is 3.85. The molecule has 27 heavy (non-hydrogen) atoms. The van der Waals surface area contributed by atoms with Crippen molar-refractivity contribution in [2.24, 2.45) is 0 Å². The number of nitrogens with one attached hydrogen (secondary N) is 1. The number of hydrogen-bond acceptors (Lipinski definition) is 3. The van der Waals surface area contributed by atoms with Crippen LogP contribution in [0.25, 0.3) is 10.9 Å². The molecule has 0 amide bonds. The van der Waals surface area contributed by atoms with Crippen LogP contribution in [-0.4, -0.2) is 10.1 Å². The minimum Gasteiger partial charge on any atom is -0.505 e. The first-order chi connectivity index (χ1) is 13.1. The van der Waals surface area contributed by atoms with Crippen LogP contribution in [-0.2, 0) is 0 Å². The predicted molar refractivity (Wildman–Crippen MR) is 106 cm³/mol. The van der Waals surface area contributed by atoms with Crippen molar-refractivity contribution in [3.8, 4) is 5.75 Å². The van der Waals surface area contributed by atoms with E-state index in [2.05, 4.69) is 10.3 Å². The molecule has 4 aromatic rings. The molecular formula is C23H19FN2O. The molecule has 0 radical (unpaired) electrons. The molecule has 2 N–H and O–H groups in total. The van der Waals surface area contributed by atoms with Crippen LogP contribution in [0.3, 0.4) is 0 Å². The number of nitrogens with zero attached hydrogens (tertiary/aromatic N) is 1. The molecule has 0 aliphatic rings. The van der Waals surface area contributed by atoms with Gasteiger partial charge in [0.15, 0.2) is 0 Å². The van der Waals surface area contributed by atoms with Gasteiger partial charge in [-0.05, 0) is 42.8 Å². The Bertz CT molecular complexity index is 1080. The number of aromatic nitrogens is 1. The van der Waals surface area contributed by atoms with Crippen molar-refractivity contribution < 1.29 is 9.50 Å². The van der Waals surface area contributed by atoms with Crippen LogP contribution in [0.5, 0.6) is 5.75 Å². The number of pyridine rings is 1. The molecule has 134 valence electrons. The van der Waals surface area contributed by atoms with E-state index in [4.69, 9.17) is 0 Å². The standard InChI is InChI=1S/C23H19FN2O/c1-15-7-8-17-11-14-20(23(27)22(17)25-15)21(16-9-12-18(24)13-10-16)26-19-5-3-2-4-6-19/h2-14,21,26-27H,1H3. The Morgan fingerprint density at radius 1 is 0.889 bits per heavy atom. The topological polar surface area (TPSA) is 45.1 Å². The highest BCUT2D eigenvalue weighted by Gasteiger charge is 2.20. The third-order valence-electron chi connectivity index (χ3n) is 4.61. The molecule has 0 fully saturated rings. The average Bonchev–Trinajstić information content (AvgIpc) is 2.69. The largest absolute Gasteiger partial charge is 0.505 e. The number of rotatable bonds is 4. The number of phenols is 1. The average molecular weight is 358 g/mol. The number of fused-ring (bicyclic) bond motifs is 1. The van der Waals surface area contributed by atoms with E-state index >= 15 is 0 Å². The van der Waals surface area contributed by atoms with Gasteiger partial charge in [-0.15, -0.1) is 0 Å². The molecule has 1 heterocycles. The van der Waals surface area contributed by atoms with Crippen molar-refractivity contribution in [2.75, 3.05) is 5.32 Å². The van der Waals surface area contributed by atoms with Crippen molar-refractivity contribution in [1.82, 2.24) is 4.98 Å². The van der Waals surface area contributed by atoms with Crippen LogP contribution in [0.1, 0.15) is 22.9 Å². The Morgan fingerprint density at radius 2 is 1.59 bits per heavy atom. The zero-order chi connectivity index (χ0) is 18.8. The monoisotopic (exact) mass is 358 g/mol. The van der Waals surface area contributed by atoms with Gasteiger partial charge in [-0.1, -0.05) is 48.5 Å². The van der Waals surface area contributed by atoms with Crippen LogP contribution < -0.4 is 5.32 Å². The van der Waals surface area contributed by atoms with E-state index in [0.29, 0.717) is 11.1 Å². The maximum Gasteiger partial charge on any atom is 0.147 e. The maximum atomic E-state index is 13.4. The first kappa shape index (κ1) is 17.0. The van der Waals surface area contributed by atoms with Gasteiger partial charge in [0.25, 0.3) is 0 Å². The molecule has 4 rings (SSSR count). The zero-order valence-electron chi connectivity index (χ0n) is 14.9. The fraction of sp³-hybridized carbons (Fsp3) is 0.0870. The summed E-state index contributed by atoms with van der Waals surface area (Å²) >= 11 is 0. The van der Waals surface area contributed by atoms with Gasteiger partial charge in [0.1, 0.15) is 17.1 Å². The van der Waals surface area contributed by atoms with Gasteiger partial charge in [-0.3, -0.25) is 0 Å². The molecule has 3 aromatic carbocycles. The lowest BCUT2D eigenvalue weighted by Crippen LogP contribution is -2.13. The first-order valence-corrected chi connectivity index (χ1v) is 8.78. The summed E-state index contributed by atoms with van der Waals surface area (Å²) in [6.07, 6.45) is 0. The normalized spacial score (nSPS) is 12.1. The summed E-state index contributed by atoms with van der Waals surface area (Å²) in [5, 5.41) is 15.3. The van der Waals surface area contributed by atoms with E-state index in [-0.39, 0.29) is 17.6 Å². The Labute approximate surface area is 157 Å². The number of benzene rings is 3. The Morgan fingerprint density at radius 3 is 2.33 bits per heavy atom. The van der Waals surface area contributed by atoms with Gasteiger partial charge in [0.2, 0.25) is 0 Å². The number of halogens is 1. The fourth-order valence-corrected chi connectivity index (χ4v) is 3.22. The summed E-state index contributed by atoms with van der Waals surface area (Å²) in [5.74, 6) is -0.161. The number of phenolic OH excluding ortho intramolecular Hbond substituents is 1. The minimum absolute atomic E-state index is 0.133. The third kappa shape index (κ3) is 3.47. The Hall–Kier alpha value is -3.40. The van der Waals surface area contributed by atoms with E-state index in [1.165, 1.54) is 12.1 Å². The van der Waals surface area contributed by atoms with E-state index in [1.807, 2.05) is 61.5 Å². The van der Waals surface area contributed by atoms with E-state index < -0.39 is 0 Å². The van der Waals surface area contributed by atoms with E-state index in [1.54, 1.807) is 12.1 Å². The molecule has 1 unspecified atom stereocenters. The lowest BCUT2D eigenvalue weighted by atomic mass is 9.96. The van der Waals surface area contributed by atoms with E-state index in [9.17, 15) is 9.50 Å². The summed E-state index contributed by atoms with van der Waals surface area (Å²) in [7, 11) is 0. The molecular weight excluding hydrogens is 339 g/mol. The third-order valence-corrected chi connectivity index (χ3v) is 4.61. The molecule has 1 atom stereocenters. The van der Waals surface area contributed by atoms with Gasteiger partial charge in [-0.2, -0.15) is 0 Å². The predicted octanol–water partition coefficient (Wildman–Crippen LogP) is 5.59. The van der Waals surface area contributed by atoms with Crippen LogP contribution in [0.4, 0.5) is 10.1 Å². The highest BCUT2D eigenvalue weighted by Crippen LogP contribution is 2.36. The summed E-state index contributed by atoms with van der Waals surface area (Å²) in [4.78, 5) is 4.50. The van der Waals surface area contributed by atoms with Crippen molar-refractivity contribution >= 4 is 16.6 Å². The smallest absolute Gasteiger partial charge is 0.147 e. The van der Waals surface area contributed by atoms with Gasteiger partial charge < -0.3 is 10.4 Å². The first-order valence-electron chi connectivity index (χ1n) is 8.78. The van der Waals surface area contributed by atoms with Crippen LogP contribution in [0.15, 0.2) is 78.9 Å². The van der Waals surface area contributed by atoms with Gasteiger partial charge in [0, 0.05) is 22.3 Å². The highest BCUT2D eigenvalue weighted by molar-refractivity contribution is 5.86. The van der Waals surface area contributed by atoms with E-state index in [0.717, 1.165) is 22.3 Å². The van der Waals surface area contributed by atoms with Gasteiger partial charge in [-0.25, -0.2) is 9.37 Å². The van der Waals surface area contributed by atoms with Crippen molar-refractivity contribution in [1.29, 1.82) is 0 Å². The lowest BCUT2D eigenvalue weighted by molar-refractivity contribution is 0.471. The van der Waals surface area contributed by atoms with Crippen LogP contribution in [0, 0.1) is 12.7 Å². The second kappa shape index (κ2) is 7.08. The number of aryl methyl sites for hydroxylation is 1. The fourth-order valence-electron chi connectivity index (χ4n) is 3.22. The van der Waals surface area contributed by atoms with Crippen LogP contribution in [0.2, 0.25) is 0 Å². The quantitative estimate of drug-likeness (QED) is 0.500. The summed E-state index contributed by atoms with van der Waals surface area (Å²) in [6, 6.07) is 23.4. The van der Waals surface area contributed by atoms with Crippen molar-refractivity contribution in [2.45, 2.75) is 13.0 Å². The van der Waals surface area contributed by atoms with Gasteiger partial charge in [0.05, 0.1) is 6.04 Å². The molecule has 0 bridgehead atoms. The molecule has 0 spiro atoms. The maximum absolute atomic E-state index is 13.4. The lowest BCUT2D eigenvalue weighted by Gasteiger charge is -2.22. The van der Waals surface area contributed by atoms with Crippen molar-refractivity contribution in [3.05, 3.63) is 102 Å². The molecule has 0 saturated heterocycles. The molecule has 0 aliphatic heterocycles. The number of para-hydroxylation sites is 1. The summed E-state index contributed by atoms with van der Waals surface area (Å²) < 4.78 is 13.4. The number of anilines is 1. The SMILES string of the molecule is Cc1ccc2ccc(C(Nc3ccccc3)c3ccc(F)cc3)c(O)c2n1. The summed E-state index contributed by atoms with van der Waals surface area (Å²) in [6.45, 7) is 1.89. The van der Waals surface area contributed by atoms with Gasteiger partial charge >= 0.3 is 0 Å². The zero-order valence-corrected chi connectivity index (χ0v) is 14.9. The molecule has 0 aliphatic carbocycles. The highest BCUT2D eigenvalue weighted by atomic mass is 19.1. The molecule has 0 saturated carbocycles. The second-order valence-corrected chi connectivity index (χ2v) is 6.52. The molecule has 3 nitrogen and oxygen atoms in total. The second-order valence-electron chi connectivity index (χ2n) is 6.52. The Balaban J connectivity index is 1.86. The van der Waals surface area contributed by atoms with Crippen molar-refractivity contribution in [3.63, 3.8) is 0 Å². The molecule has 1 aromatic heterocycles. The van der Waals surface area contributed by atoms with Crippen LogP contribution >= 0.6 is 0 Å².